The number of nitrogens with zero attached hydrogens (tertiary/aromatic N) is 1. The Morgan fingerprint density at radius 3 is 2.80 bits per heavy atom. The topological polar surface area (TPSA) is 45.5 Å². The fourth-order valence-electron chi connectivity index (χ4n) is 2.40. The highest BCUT2D eigenvalue weighted by atomic mass is 16.3. The Bertz CT molecular complexity index is 544. The van der Waals surface area contributed by atoms with Gasteiger partial charge in [0.1, 0.15) is 11.3 Å². The molecule has 4 heteroatoms. The van der Waals surface area contributed by atoms with Crippen LogP contribution in [0, 0.1) is 0 Å². The van der Waals surface area contributed by atoms with E-state index in [-0.39, 0.29) is 11.9 Å². The van der Waals surface area contributed by atoms with Gasteiger partial charge in [-0.3, -0.25) is 4.79 Å². The molecule has 0 bridgehead atoms. The number of fused-ring (bicyclic) bond motifs is 1. The zero-order valence-corrected chi connectivity index (χ0v) is 12.3. The van der Waals surface area contributed by atoms with Crippen LogP contribution < -0.4 is 5.32 Å². The standard InChI is InChI=1S/C16H22N2O2/c1-4-18(16(19)9-10-17-3)12(2)15-11-13-7-5-6-8-14(13)20-15/h5-8,11-12,17H,4,9-10H2,1-3H3. The third-order valence-electron chi connectivity index (χ3n) is 3.57. The molecule has 0 saturated heterocycles. The van der Waals surface area contributed by atoms with Gasteiger partial charge in [0.25, 0.3) is 0 Å². The van der Waals surface area contributed by atoms with Crippen molar-refractivity contribution >= 4 is 16.9 Å². The van der Waals surface area contributed by atoms with E-state index in [1.54, 1.807) is 0 Å². The second-order valence-corrected chi connectivity index (χ2v) is 4.90. The summed E-state index contributed by atoms with van der Waals surface area (Å²) in [6, 6.07) is 9.89. The molecule has 0 aliphatic heterocycles. The molecule has 0 spiro atoms. The molecule has 0 saturated carbocycles. The average Bonchev–Trinajstić information content (AvgIpc) is 2.89. The molecule has 1 amide bonds. The lowest BCUT2D eigenvalue weighted by atomic mass is 10.2. The van der Waals surface area contributed by atoms with Gasteiger partial charge in [-0.2, -0.15) is 0 Å². The predicted octanol–water partition coefficient (Wildman–Crippen LogP) is 2.95. The molecule has 1 aromatic carbocycles. The monoisotopic (exact) mass is 274 g/mol. The number of rotatable bonds is 6. The Kier molecular flexibility index (Phi) is 4.79. The van der Waals surface area contributed by atoms with Crippen molar-refractivity contribution in [2.75, 3.05) is 20.1 Å². The van der Waals surface area contributed by atoms with Crippen molar-refractivity contribution in [2.45, 2.75) is 26.3 Å². The summed E-state index contributed by atoms with van der Waals surface area (Å²) in [5.41, 5.74) is 0.869. The number of nitrogens with one attached hydrogen (secondary N) is 1. The molecule has 0 radical (unpaired) electrons. The highest BCUT2D eigenvalue weighted by molar-refractivity contribution is 5.79. The Labute approximate surface area is 119 Å². The maximum atomic E-state index is 12.2. The van der Waals surface area contributed by atoms with Crippen LogP contribution in [0.15, 0.2) is 34.7 Å². The van der Waals surface area contributed by atoms with Crippen molar-refractivity contribution in [3.05, 3.63) is 36.1 Å². The van der Waals surface area contributed by atoms with E-state index in [4.69, 9.17) is 4.42 Å². The van der Waals surface area contributed by atoms with Crippen LogP contribution in [0.4, 0.5) is 0 Å². The predicted molar refractivity (Wildman–Crippen MR) is 80.6 cm³/mol. The molecular formula is C16H22N2O2. The SMILES string of the molecule is CCN(C(=O)CCNC)C(C)c1cc2ccccc2o1. The molecule has 0 aliphatic rings. The van der Waals surface area contributed by atoms with Gasteiger partial charge in [-0.05, 0) is 33.0 Å². The lowest BCUT2D eigenvalue weighted by Gasteiger charge is -2.26. The maximum absolute atomic E-state index is 12.2. The normalized spacial score (nSPS) is 12.6. The molecule has 1 atom stereocenters. The summed E-state index contributed by atoms with van der Waals surface area (Å²) in [6.45, 7) is 5.39. The highest BCUT2D eigenvalue weighted by Gasteiger charge is 2.22. The molecule has 0 fully saturated rings. The van der Waals surface area contributed by atoms with Crippen molar-refractivity contribution in [2.24, 2.45) is 0 Å². The Balaban J connectivity index is 2.18. The molecule has 20 heavy (non-hydrogen) atoms. The number of amides is 1. The Morgan fingerprint density at radius 2 is 2.15 bits per heavy atom. The number of carbonyl (C=O) groups excluding carboxylic acids is 1. The maximum Gasteiger partial charge on any atom is 0.224 e. The minimum Gasteiger partial charge on any atom is -0.459 e. The quantitative estimate of drug-likeness (QED) is 0.881. The van der Waals surface area contributed by atoms with Crippen LogP contribution in [-0.4, -0.2) is 30.9 Å². The average molecular weight is 274 g/mol. The number of hydrogen-bond donors (Lipinski definition) is 1. The van der Waals surface area contributed by atoms with E-state index in [0.29, 0.717) is 19.5 Å². The van der Waals surface area contributed by atoms with Gasteiger partial charge in [0, 0.05) is 24.9 Å². The van der Waals surface area contributed by atoms with E-state index in [9.17, 15) is 4.79 Å². The first kappa shape index (κ1) is 14.6. The summed E-state index contributed by atoms with van der Waals surface area (Å²) < 4.78 is 5.86. The van der Waals surface area contributed by atoms with Crippen molar-refractivity contribution in [3.63, 3.8) is 0 Å². The van der Waals surface area contributed by atoms with E-state index < -0.39 is 0 Å². The van der Waals surface area contributed by atoms with Gasteiger partial charge in [-0.15, -0.1) is 0 Å². The molecule has 1 unspecified atom stereocenters. The molecule has 108 valence electrons. The fourth-order valence-corrected chi connectivity index (χ4v) is 2.40. The first-order valence-electron chi connectivity index (χ1n) is 7.10. The van der Waals surface area contributed by atoms with E-state index >= 15 is 0 Å². The summed E-state index contributed by atoms with van der Waals surface area (Å²) in [7, 11) is 1.85. The van der Waals surface area contributed by atoms with Crippen LogP contribution in [0.2, 0.25) is 0 Å². The number of para-hydroxylation sites is 1. The van der Waals surface area contributed by atoms with Gasteiger partial charge >= 0.3 is 0 Å². The highest BCUT2D eigenvalue weighted by Crippen LogP contribution is 2.27. The number of hydrogen-bond acceptors (Lipinski definition) is 3. The molecule has 2 aromatic rings. The number of furan rings is 1. The first-order valence-corrected chi connectivity index (χ1v) is 7.10. The van der Waals surface area contributed by atoms with Gasteiger partial charge in [0.15, 0.2) is 0 Å². The van der Waals surface area contributed by atoms with E-state index in [2.05, 4.69) is 5.32 Å². The lowest BCUT2D eigenvalue weighted by Crippen LogP contribution is -2.34. The molecule has 1 heterocycles. The minimum absolute atomic E-state index is 0.0447. The largest absolute Gasteiger partial charge is 0.459 e. The fraction of sp³-hybridized carbons (Fsp3) is 0.438. The van der Waals surface area contributed by atoms with Gasteiger partial charge in [0.05, 0.1) is 6.04 Å². The second-order valence-electron chi connectivity index (χ2n) is 4.90. The summed E-state index contributed by atoms with van der Waals surface area (Å²) >= 11 is 0. The van der Waals surface area contributed by atoms with Crippen LogP contribution in [0.25, 0.3) is 11.0 Å². The van der Waals surface area contributed by atoms with Crippen molar-refractivity contribution in [1.82, 2.24) is 10.2 Å². The van der Waals surface area contributed by atoms with Crippen LogP contribution in [-0.2, 0) is 4.79 Å². The lowest BCUT2D eigenvalue weighted by molar-refractivity contribution is -0.133. The zero-order valence-electron chi connectivity index (χ0n) is 12.3. The van der Waals surface area contributed by atoms with Crippen molar-refractivity contribution in [3.8, 4) is 0 Å². The Morgan fingerprint density at radius 1 is 1.40 bits per heavy atom. The zero-order chi connectivity index (χ0) is 14.5. The summed E-state index contributed by atoms with van der Waals surface area (Å²) in [6.07, 6.45) is 0.509. The summed E-state index contributed by atoms with van der Waals surface area (Å²) in [5, 5.41) is 4.08. The summed E-state index contributed by atoms with van der Waals surface area (Å²) in [4.78, 5) is 14.1. The van der Waals surface area contributed by atoms with Gasteiger partial charge < -0.3 is 14.6 Å². The number of benzene rings is 1. The smallest absolute Gasteiger partial charge is 0.224 e. The van der Waals surface area contributed by atoms with Crippen LogP contribution in [0.3, 0.4) is 0 Å². The van der Waals surface area contributed by atoms with Gasteiger partial charge in [0.2, 0.25) is 5.91 Å². The van der Waals surface area contributed by atoms with Crippen molar-refractivity contribution < 1.29 is 9.21 Å². The third-order valence-corrected chi connectivity index (χ3v) is 3.57. The van der Waals surface area contributed by atoms with Crippen LogP contribution >= 0.6 is 0 Å². The third kappa shape index (κ3) is 3.02. The molecule has 4 nitrogen and oxygen atoms in total. The second kappa shape index (κ2) is 6.57. The molecule has 1 N–H and O–H groups in total. The molecule has 2 rings (SSSR count). The molecule has 0 aliphatic carbocycles. The first-order chi connectivity index (χ1) is 9.67. The number of carbonyl (C=O) groups is 1. The van der Waals surface area contributed by atoms with E-state index in [1.807, 2.05) is 56.1 Å². The van der Waals surface area contributed by atoms with Crippen molar-refractivity contribution in [1.29, 1.82) is 0 Å². The van der Waals surface area contributed by atoms with E-state index in [0.717, 1.165) is 16.7 Å². The van der Waals surface area contributed by atoms with Crippen LogP contribution in [0.5, 0.6) is 0 Å². The molecule has 1 aromatic heterocycles. The van der Waals surface area contributed by atoms with Crippen LogP contribution in [0.1, 0.15) is 32.1 Å². The van der Waals surface area contributed by atoms with Gasteiger partial charge in [-0.1, -0.05) is 18.2 Å². The van der Waals surface area contributed by atoms with E-state index in [1.165, 1.54) is 0 Å². The van der Waals surface area contributed by atoms with Gasteiger partial charge in [-0.25, -0.2) is 0 Å². The minimum atomic E-state index is -0.0447. The molecular weight excluding hydrogens is 252 g/mol. The summed E-state index contributed by atoms with van der Waals surface area (Å²) in [5.74, 6) is 0.987. The Hall–Kier alpha value is -1.81.